The van der Waals surface area contributed by atoms with Gasteiger partial charge in [0.25, 0.3) is 0 Å². The maximum Gasteiger partial charge on any atom is 0.123 e. The number of rotatable bonds is 0. The Morgan fingerprint density at radius 2 is 1.50 bits per heavy atom. The van der Waals surface area contributed by atoms with Gasteiger partial charge in [-0.25, -0.2) is 0 Å². The Morgan fingerprint density at radius 3 is 1.58 bits per heavy atom. The van der Waals surface area contributed by atoms with Gasteiger partial charge < -0.3 is 4.52 Å². The highest BCUT2D eigenvalue weighted by Gasteiger charge is 1.60. The lowest BCUT2D eigenvalue weighted by Gasteiger charge is -1.48. The smallest absolute Gasteiger partial charge is 0.123 e. The molecule has 0 amide bonds. The van der Waals surface area contributed by atoms with Gasteiger partial charge in [-0.05, 0) is 6.07 Å². The largest absolute Gasteiger partial charge is 0.365 e. The molecule has 0 atom stereocenters. The van der Waals surface area contributed by atoms with Crippen molar-refractivity contribution in [3.05, 3.63) is 18.5 Å². The van der Waals surface area contributed by atoms with Crippen LogP contribution in [0.1, 0.15) is 48.0 Å². The average molecular weight is 173 g/mol. The van der Waals surface area contributed by atoms with Gasteiger partial charge in [-0.1, -0.05) is 53.1 Å². The van der Waals surface area contributed by atoms with E-state index in [-0.39, 0.29) is 0 Å². The van der Waals surface area contributed by atoms with Gasteiger partial charge in [-0.3, -0.25) is 0 Å². The molecule has 74 valence electrons. The van der Waals surface area contributed by atoms with E-state index in [4.69, 9.17) is 0 Å². The minimum atomic E-state index is 1.25. The van der Waals surface area contributed by atoms with Crippen LogP contribution in [0, 0.1) is 0 Å². The molecule has 2 nitrogen and oxygen atoms in total. The number of hydrogen-bond acceptors (Lipinski definition) is 2. The van der Waals surface area contributed by atoms with Crippen LogP contribution in [0.2, 0.25) is 0 Å². The summed E-state index contributed by atoms with van der Waals surface area (Å²) in [5.74, 6) is 0. The molecule has 0 aliphatic rings. The molecular formula is C10H23NO. The minimum Gasteiger partial charge on any atom is -0.365 e. The van der Waals surface area contributed by atoms with Crippen LogP contribution in [0.3, 0.4) is 0 Å². The Labute approximate surface area is 77.0 Å². The van der Waals surface area contributed by atoms with Crippen molar-refractivity contribution in [2.24, 2.45) is 0 Å². The summed E-state index contributed by atoms with van der Waals surface area (Å²) >= 11 is 0. The first-order valence-corrected chi connectivity index (χ1v) is 4.76. The van der Waals surface area contributed by atoms with E-state index >= 15 is 0 Å². The molecule has 12 heavy (non-hydrogen) atoms. The molecule has 0 fully saturated rings. The number of nitrogens with zero attached hydrogens (tertiary/aromatic N) is 1. The first-order valence-electron chi connectivity index (χ1n) is 4.76. The quantitative estimate of drug-likeness (QED) is 0.589. The van der Waals surface area contributed by atoms with Gasteiger partial charge in [0.15, 0.2) is 0 Å². The van der Waals surface area contributed by atoms with Gasteiger partial charge in [0, 0.05) is 0 Å². The molecule has 1 aromatic rings. The summed E-state index contributed by atoms with van der Waals surface area (Å²) in [6.45, 7) is 12.2. The van der Waals surface area contributed by atoms with Crippen LogP contribution in [-0.2, 0) is 0 Å². The fraction of sp³-hybridized carbons (Fsp3) is 0.700. The van der Waals surface area contributed by atoms with Crippen molar-refractivity contribution < 1.29 is 4.52 Å². The Hall–Kier alpha value is -0.790. The first-order chi connectivity index (χ1) is 5.91. The maximum absolute atomic E-state index is 4.33. The zero-order valence-corrected chi connectivity index (χ0v) is 9.29. The summed E-state index contributed by atoms with van der Waals surface area (Å²) in [5.41, 5.74) is 0. The third-order valence-corrected chi connectivity index (χ3v) is 0.347. The molecule has 0 radical (unpaired) electrons. The average Bonchev–Trinajstić information content (AvgIpc) is 2.69. The van der Waals surface area contributed by atoms with Crippen LogP contribution in [0.15, 0.2) is 23.0 Å². The highest BCUT2D eigenvalue weighted by Crippen LogP contribution is 1.72. The van der Waals surface area contributed by atoms with Crippen molar-refractivity contribution in [3.63, 3.8) is 0 Å². The van der Waals surface area contributed by atoms with Crippen LogP contribution < -0.4 is 0 Å². The second-order valence-electron chi connectivity index (χ2n) is 1.40. The Bertz CT molecular complexity index is 76.7. The maximum atomic E-state index is 4.33. The van der Waals surface area contributed by atoms with Crippen molar-refractivity contribution >= 4 is 0 Å². The number of aromatic nitrogens is 1. The van der Waals surface area contributed by atoms with Crippen LogP contribution in [0.4, 0.5) is 0 Å². The molecule has 1 rings (SSSR count). The Kier molecular flexibility index (Phi) is 46.1. The zero-order chi connectivity index (χ0) is 10.2. The summed E-state index contributed by atoms with van der Waals surface area (Å²) in [6, 6.07) is 1.72. The Morgan fingerprint density at radius 1 is 1.08 bits per heavy atom. The van der Waals surface area contributed by atoms with Crippen molar-refractivity contribution in [1.82, 2.24) is 5.16 Å². The fourth-order valence-corrected chi connectivity index (χ4v) is 0.176. The molecule has 1 heterocycles. The van der Waals surface area contributed by atoms with E-state index in [1.165, 1.54) is 12.7 Å². The highest BCUT2D eigenvalue weighted by molar-refractivity contribution is 4.67. The van der Waals surface area contributed by atoms with Crippen molar-refractivity contribution in [1.29, 1.82) is 0 Å². The molecule has 0 saturated carbocycles. The SMILES string of the molecule is CC.CC.CCC.c1cnoc1. The van der Waals surface area contributed by atoms with Gasteiger partial charge in [0.2, 0.25) is 0 Å². The summed E-state index contributed by atoms with van der Waals surface area (Å²) in [7, 11) is 0. The molecule has 0 spiro atoms. The summed E-state index contributed by atoms with van der Waals surface area (Å²) in [5, 5.41) is 3.35. The molecule has 0 aliphatic carbocycles. The first kappa shape index (κ1) is 17.3. The molecule has 0 aliphatic heterocycles. The van der Waals surface area contributed by atoms with E-state index in [0.29, 0.717) is 0 Å². The van der Waals surface area contributed by atoms with E-state index in [2.05, 4.69) is 23.5 Å². The van der Waals surface area contributed by atoms with Crippen molar-refractivity contribution in [2.45, 2.75) is 48.0 Å². The lowest BCUT2D eigenvalue weighted by molar-refractivity contribution is 0.420. The monoisotopic (exact) mass is 173 g/mol. The topological polar surface area (TPSA) is 26.0 Å². The van der Waals surface area contributed by atoms with Crippen molar-refractivity contribution in [2.75, 3.05) is 0 Å². The van der Waals surface area contributed by atoms with Gasteiger partial charge >= 0.3 is 0 Å². The predicted molar refractivity (Wildman–Crippen MR) is 55.2 cm³/mol. The highest BCUT2D eigenvalue weighted by atomic mass is 16.5. The molecule has 0 aromatic carbocycles. The fourth-order valence-electron chi connectivity index (χ4n) is 0.176. The lowest BCUT2D eigenvalue weighted by atomic mass is 10.6. The molecule has 0 unspecified atom stereocenters. The second kappa shape index (κ2) is 31.9. The lowest BCUT2D eigenvalue weighted by Crippen LogP contribution is -1.38. The third kappa shape index (κ3) is 35.0. The van der Waals surface area contributed by atoms with E-state index in [1.54, 1.807) is 12.3 Å². The van der Waals surface area contributed by atoms with Gasteiger partial charge in [0.05, 0.1) is 6.20 Å². The van der Waals surface area contributed by atoms with E-state index in [1.807, 2.05) is 27.7 Å². The third-order valence-electron chi connectivity index (χ3n) is 0.347. The van der Waals surface area contributed by atoms with Gasteiger partial charge in [0.1, 0.15) is 6.26 Å². The van der Waals surface area contributed by atoms with Gasteiger partial charge in [-0.2, -0.15) is 0 Å². The van der Waals surface area contributed by atoms with E-state index < -0.39 is 0 Å². The van der Waals surface area contributed by atoms with Crippen LogP contribution in [0.25, 0.3) is 0 Å². The number of hydrogen-bond donors (Lipinski definition) is 0. The molecule has 0 saturated heterocycles. The summed E-state index contributed by atoms with van der Waals surface area (Å²) in [4.78, 5) is 0. The minimum absolute atomic E-state index is 1.25. The van der Waals surface area contributed by atoms with Crippen LogP contribution in [-0.4, -0.2) is 5.16 Å². The van der Waals surface area contributed by atoms with Gasteiger partial charge in [-0.15, -0.1) is 0 Å². The van der Waals surface area contributed by atoms with Crippen LogP contribution >= 0.6 is 0 Å². The predicted octanol–water partition coefficient (Wildman–Crippen LogP) is 4.14. The molecule has 0 N–H and O–H groups in total. The molecule has 1 aromatic heterocycles. The summed E-state index contributed by atoms with van der Waals surface area (Å²) in [6.07, 6.45) is 4.35. The molecule has 0 bridgehead atoms. The van der Waals surface area contributed by atoms with Crippen molar-refractivity contribution in [3.8, 4) is 0 Å². The second-order valence-corrected chi connectivity index (χ2v) is 1.40. The standard InChI is InChI=1S/C3H3NO.C3H8.2C2H6/c1-2-4-5-3-1;1-3-2;2*1-2/h1-3H;3H2,1-2H3;2*1-2H3. The van der Waals surface area contributed by atoms with Crippen LogP contribution in [0.5, 0.6) is 0 Å². The molecular weight excluding hydrogens is 150 g/mol. The summed E-state index contributed by atoms with van der Waals surface area (Å²) < 4.78 is 4.33. The normalized spacial score (nSPS) is 5.83. The van der Waals surface area contributed by atoms with E-state index in [9.17, 15) is 0 Å². The Balaban J connectivity index is -0.000000102. The van der Waals surface area contributed by atoms with E-state index in [0.717, 1.165) is 0 Å². The molecule has 2 heteroatoms. The zero-order valence-electron chi connectivity index (χ0n) is 9.29.